The predicted molar refractivity (Wildman–Crippen MR) is 109 cm³/mol. The summed E-state index contributed by atoms with van der Waals surface area (Å²) in [6.07, 6.45) is 0.477. The van der Waals surface area contributed by atoms with Gasteiger partial charge < -0.3 is 9.42 Å². The molecule has 29 heavy (non-hydrogen) atoms. The van der Waals surface area contributed by atoms with E-state index < -0.39 is 24.8 Å². The molecule has 1 unspecified atom stereocenters. The van der Waals surface area contributed by atoms with Gasteiger partial charge >= 0.3 is 139 Å². The molecule has 1 N–H and O–H groups in total. The fourth-order valence-electron chi connectivity index (χ4n) is 2.71. The smallest absolute Gasteiger partial charge is 0.0940 e. The summed E-state index contributed by atoms with van der Waals surface area (Å²) in [6.45, 7) is -3.07. The Morgan fingerprint density at radius 2 is 2.10 bits per heavy atom. The Kier molecular flexibility index (Phi) is 12.4. The van der Waals surface area contributed by atoms with Crippen LogP contribution in [0.2, 0.25) is 4.08 Å². The molecule has 164 valence electrons. The zero-order valence-electron chi connectivity index (χ0n) is 16.0. The van der Waals surface area contributed by atoms with Gasteiger partial charge in [0.15, 0.2) is 0 Å². The summed E-state index contributed by atoms with van der Waals surface area (Å²) in [7, 11) is 1.23. The number of carbonyl (C=O) groups excluding carboxylic acids is 3. The molecule has 1 heterocycles. The Morgan fingerprint density at radius 1 is 1.38 bits per heavy atom. The molecule has 1 aliphatic heterocycles. The molecule has 0 radical (unpaired) electrons. The first-order chi connectivity index (χ1) is 13.7. The minimum Gasteiger partial charge on any atom is -0.0940 e. The molecule has 0 saturated carbocycles. The summed E-state index contributed by atoms with van der Waals surface area (Å²) in [5, 5.41) is 3.40. The molecule has 11 nitrogen and oxygen atoms in total. The first-order valence-corrected chi connectivity index (χ1v) is 13.9. The number of hydrogen-bond donors (Lipinski definition) is 1. The summed E-state index contributed by atoms with van der Waals surface area (Å²) >= 11 is 5.76. The van der Waals surface area contributed by atoms with Crippen LogP contribution in [0.4, 0.5) is 0 Å². The molecule has 0 aromatic heterocycles. The van der Waals surface area contributed by atoms with E-state index >= 15 is 0 Å². The number of hydrogen-bond acceptors (Lipinski definition) is 8. The normalized spacial score (nSPS) is 20.6. The van der Waals surface area contributed by atoms with Crippen LogP contribution in [0.5, 0.6) is 0 Å². The molecule has 0 aliphatic carbocycles. The Labute approximate surface area is 189 Å². The fraction of sp³-hybridized carbons (Fsp3) is 0.800. The molecule has 1 aliphatic rings. The van der Waals surface area contributed by atoms with E-state index in [2.05, 4.69) is 10.0 Å². The fourth-order valence-corrected chi connectivity index (χ4v) is 3.97. The molecule has 1 saturated heterocycles. The van der Waals surface area contributed by atoms with Crippen LogP contribution in [0, 0.1) is 0 Å². The second-order valence-corrected chi connectivity index (χ2v) is 10.4. The number of amides is 1. The molecule has 0 aromatic rings. The van der Waals surface area contributed by atoms with Gasteiger partial charge in [0.1, 0.15) is 0 Å². The second kappa shape index (κ2) is 13.6. The van der Waals surface area contributed by atoms with Crippen molar-refractivity contribution in [1.29, 1.82) is 0 Å². The number of Topliss-reactive ketones (excluding diaryl/α,β-unsaturated/α-hetero) is 1. The molecule has 1 rings (SSSR count). The van der Waals surface area contributed by atoms with Crippen molar-refractivity contribution in [1.82, 2.24) is 4.90 Å². The number of ether oxygens (including phenoxy) is 1. The number of carbonyl (C=O) groups is 3. The van der Waals surface area contributed by atoms with E-state index in [1.165, 1.54) is 12.0 Å². The van der Waals surface area contributed by atoms with E-state index in [1.807, 2.05) is 0 Å². The van der Waals surface area contributed by atoms with Gasteiger partial charge in [0, 0.05) is 18.6 Å². The van der Waals surface area contributed by atoms with Crippen LogP contribution in [0.25, 0.3) is 10.4 Å². The minimum atomic E-state index is -3.39. The van der Waals surface area contributed by atoms with E-state index in [-0.39, 0.29) is 50.6 Å². The van der Waals surface area contributed by atoms with Crippen LogP contribution in [0.1, 0.15) is 32.1 Å². The first-order valence-electron chi connectivity index (χ1n) is 8.87. The summed E-state index contributed by atoms with van der Waals surface area (Å²) in [5.41, 5.74) is 8.30. The van der Waals surface area contributed by atoms with Crippen LogP contribution in [-0.4, -0.2) is 91.5 Å². The average Bonchev–Trinajstić information content (AvgIpc) is 3.10. The molecule has 0 spiro atoms. The predicted octanol–water partition coefficient (Wildman–Crippen LogP) is 1.14. The quantitative estimate of drug-likeness (QED) is 0.0783. The maximum atomic E-state index is 12.5. The second-order valence-electron chi connectivity index (χ2n) is 6.25. The first kappa shape index (κ1) is 26.4. The van der Waals surface area contributed by atoms with Gasteiger partial charge in [-0.3, -0.25) is 0 Å². The SMILES string of the molecule is COP(O)(=S)OC[C@H]1C[C@@H](OC(=O)CCC(=O)[CH2][PoH])CN1C(=O)CCCN=[N+]=[N-]. The van der Waals surface area contributed by atoms with Crippen LogP contribution < -0.4 is 0 Å². The van der Waals surface area contributed by atoms with Crippen molar-refractivity contribution in [2.75, 3.05) is 26.8 Å². The zero-order chi connectivity index (χ0) is 21.9. The molecule has 14 heteroatoms. The van der Waals surface area contributed by atoms with Crippen molar-refractivity contribution >= 4 is 61.3 Å². The van der Waals surface area contributed by atoms with Gasteiger partial charge in [-0.15, -0.1) is 0 Å². The van der Waals surface area contributed by atoms with E-state index in [9.17, 15) is 19.3 Å². The Morgan fingerprint density at radius 3 is 2.72 bits per heavy atom. The third-order valence-electron chi connectivity index (χ3n) is 4.15. The van der Waals surface area contributed by atoms with Gasteiger partial charge in [0.05, 0.1) is 0 Å². The average molecular weight is 645 g/mol. The Balaban J connectivity index is 2.68. The monoisotopic (exact) mass is 645 g/mol. The minimum absolute atomic E-state index is 0.00941. The third-order valence-corrected chi connectivity index (χ3v) is 7.22. The number of likely N-dealkylation sites (tertiary alicyclic amines) is 1. The van der Waals surface area contributed by atoms with Crippen molar-refractivity contribution in [3.05, 3.63) is 10.4 Å². The van der Waals surface area contributed by atoms with Gasteiger partial charge in [0.25, 0.3) is 0 Å². The van der Waals surface area contributed by atoms with Gasteiger partial charge in [0.2, 0.25) is 0 Å². The van der Waals surface area contributed by atoms with Gasteiger partial charge in [-0.05, 0) is 17.3 Å². The van der Waals surface area contributed by atoms with Crippen LogP contribution in [0.3, 0.4) is 0 Å². The zero-order valence-corrected chi connectivity index (χ0v) is 21.2. The van der Waals surface area contributed by atoms with Crippen molar-refractivity contribution in [3.8, 4) is 0 Å². The molecule has 1 fully saturated rings. The van der Waals surface area contributed by atoms with Crippen LogP contribution >= 0.6 is 6.72 Å². The van der Waals surface area contributed by atoms with Crippen molar-refractivity contribution < 1.29 is 33.1 Å². The summed E-state index contributed by atoms with van der Waals surface area (Å²) < 4.78 is 15.9. The summed E-state index contributed by atoms with van der Waals surface area (Å²) in [4.78, 5) is 49.9. The van der Waals surface area contributed by atoms with Crippen molar-refractivity contribution in [3.63, 3.8) is 0 Å². The van der Waals surface area contributed by atoms with Gasteiger partial charge in [-0.1, -0.05) is 5.11 Å². The van der Waals surface area contributed by atoms with E-state index in [0.717, 1.165) is 25.1 Å². The molecule has 0 bridgehead atoms. The standard InChI is InChI=1S/C15H24N4O7PS.Po.H/c1-11(20)5-6-15(22)26-13-8-12(10-25-27(23,28)24-2)19(9-13)14(21)4-3-7-17-18-16;;/h12-13H,1,3-10H2,2H3,(H,23,28);;/t12-,13-,27?;;/m1../s1. The van der Waals surface area contributed by atoms with E-state index in [4.69, 9.17) is 31.1 Å². The number of esters is 1. The van der Waals surface area contributed by atoms with Crippen molar-refractivity contribution in [2.45, 2.75) is 48.3 Å². The van der Waals surface area contributed by atoms with Gasteiger partial charge in [-0.2, -0.15) is 0 Å². The van der Waals surface area contributed by atoms with Crippen LogP contribution in [0.15, 0.2) is 5.11 Å². The molecule has 3 atom stereocenters. The summed E-state index contributed by atoms with van der Waals surface area (Å²) in [6, 6.07) is -0.452. The van der Waals surface area contributed by atoms with Crippen LogP contribution in [-0.2, 0) is 40.0 Å². The Bertz CT molecular complexity index is 692. The number of azide groups is 1. The topological polar surface area (TPSA) is 151 Å². The molecular formula is C15H25N4O7PPoS. The molecule has 1 amide bonds. The number of ketones is 1. The molecule has 0 aromatic carbocycles. The molecular weight excluding hydrogens is 620 g/mol. The third kappa shape index (κ3) is 10.3. The summed E-state index contributed by atoms with van der Waals surface area (Å²) in [5.74, 6) is -0.672. The van der Waals surface area contributed by atoms with E-state index in [0.29, 0.717) is 16.9 Å². The van der Waals surface area contributed by atoms with E-state index in [1.54, 1.807) is 0 Å². The number of nitrogens with zero attached hydrogens (tertiary/aromatic N) is 4. The number of rotatable bonds is 13. The van der Waals surface area contributed by atoms with Gasteiger partial charge in [-0.25, -0.2) is 0 Å². The Hall–Kier alpha value is -0.654. The van der Waals surface area contributed by atoms with Crippen molar-refractivity contribution in [2.24, 2.45) is 5.11 Å². The maximum absolute atomic E-state index is 12.5.